The van der Waals surface area contributed by atoms with E-state index in [2.05, 4.69) is 142 Å². The van der Waals surface area contributed by atoms with Crippen LogP contribution in [0.5, 0.6) is 0 Å². The smallest absolute Gasteiger partial charge is 0.259 e. The highest BCUT2D eigenvalue weighted by molar-refractivity contribution is 6.11. The molecule has 0 N–H and O–H groups in total. The van der Waals surface area contributed by atoms with Crippen LogP contribution in [-0.2, 0) is 45.8 Å². The first-order valence-electron chi connectivity index (χ1n) is 31.2. The van der Waals surface area contributed by atoms with Crippen LogP contribution in [0.25, 0.3) is 94.3 Å². The molecule has 12 aromatic rings. The van der Waals surface area contributed by atoms with Gasteiger partial charge in [0.05, 0.1) is 21.9 Å². The summed E-state index contributed by atoms with van der Waals surface area (Å²) < 4.78 is 84.9. The molecule has 0 radical (unpaired) electrons. The molecular formula is C72H65N4O+3. The van der Waals surface area contributed by atoms with Crippen molar-refractivity contribution in [2.75, 3.05) is 0 Å². The monoisotopic (exact) mass is 1010 g/mol. The predicted molar refractivity (Wildman–Crippen MR) is 315 cm³/mol. The van der Waals surface area contributed by atoms with Crippen LogP contribution in [0.4, 0.5) is 0 Å². The lowest BCUT2D eigenvalue weighted by molar-refractivity contribution is -0.660. The quantitative estimate of drug-likeness (QED) is 0.151. The summed E-state index contributed by atoms with van der Waals surface area (Å²) in [7, 11) is 5.81. The van der Waals surface area contributed by atoms with Crippen molar-refractivity contribution < 1.29 is 30.5 Å². The largest absolute Gasteiger partial charge is 0.449 e. The normalized spacial score (nSPS) is 15.8. The Morgan fingerprint density at radius 1 is 0.455 bits per heavy atom. The molecule has 5 nitrogen and oxygen atoms in total. The van der Waals surface area contributed by atoms with Crippen molar-refractivity contribution in [1.82, 2.24) is 4.57 Å². The van der Waals surface area contributed by atoms with Gasteiger partial charge in [0.2, 0.25) is 11.2 Å². The number of rotatable bonds is 1. The number of furan rings is 1. The standard InChI is InChI=1S/C27H23N2.C24H24N.C21H18NO/c1-17-13-24-27(28(3)16-17)26-18(2)25-20(14-19-9-7-8-12-22(19)25)15-23(26)29(24)21-10-5-4-6-11-21;1-14-10-20-23(25(5)13-14)22-15(2)21-17(12-19(22)24(20,3)4)11-16-8-6-7-9-18(16)21;1-12-8-18-21(22(3)11-12)20-13(2)19-15(10-17(20)23-18)9-14-6-4-5-7-16(14)19/h4-13,15-16H,14H2,1-3H3;6-10,12-13H,11H2,1-5H3;4-8,10-11H,9H2,1-3H3/q3*+1/i3*1D3. The minimum atomic E-state index is -2.17. The van der Waals surface area contributed by atoms with Gasteiger partial charge in [-0.3, -0.25) is 0 Å². The van der Waals surface area contributed by atoms with Crippen molar-refractivity contribution in [3.63, 3.8) is 0 Å². The molecule has 0 spiro atoms. The number of nitrogens with zero attached hydrogens (tertiary/aromatic N) is 4. The molecule has 0 amide bonds. The van der Waals surface area contributed by atoms with E-state index in [1.165, 1.54) is 100.0 Å². The Hall–Kier alpha value is -8.41. The number of hydrogen-bond acceptors (Lipinski definition) is 1. The minimum absolute atomic E-state index is 0.224. The summed E-state index contributed by atoms with van der Waals surface area (Å²) in [5.74, 6) is 0. The van der Waals surface area contributed by atoms with Gasteiger partial charge in [-0.1, -0.05) is 111 Å². The number of fused-ring (bicyclic) bond motifs is 18. The van der Waals surface area contributed by atoms with E-state index < -0.39 is 20.6 Å². The fourth-order valence-electron chi connectivity index (χ4n) is 14.2. The minimum Gasteiger partial charge on any atom is -0.449 e. The zero-order valence-corrected chi connectivity index (χ0v) is 44.8. The molecule has 4 aliphatic carbocycles. The molecule has 7 aromatic carbocycles. The molecule has 5 heteroatoms. The highest BCUT2D eigenvalue weighted by Gasteiger charge is 2.44. The summed E-state index contributed by atoms with van der Waals surface area (Å²) in [6.45, 7) is 4.58. The van der Waals surface area contributed by atoms with Gasteiger partial charge in [-0.25, -0.2) is 4.57 Å². The summed E-state index contributed by atoms with van der Waals surface area (Å²) in [5, 5.41) is 2.24. The lowest BCUT2D eigenvalue weighted by Crippen LogP contribution is -2.32. The van der Waals surface area contributed by atoms with Crippen molar-refractivity contribution in [3.05, 3.63) is 236 Å². The van der Waals surface area contributed by atoms with E-state index in [0.29, 0.717) is 22.3 Å². The molecule has 5 aromatic heterocycles. The molecule has 0 aliphatic heterocycles. The molecular weight excluding hydrogens is 937 g/mol. The third-order valence-corrected chi connectivity index (χ3v) is 17.4. The van der Waals surface area contributed by atoms with Gasteiger partial charge in [0, 0.05) is 45.7 Å². The van der Waals surface area contributed by atoms with Gasteiger partial charge in [0.1, 0.15) is 32.2 Å². The Morgan fingerprint density at radius 2 is 0.961 bits per heavy atom. The molecule has 77 heavy (non-hydrogen) atoms. The third kappa shape index (κ3) is 6.95. The van der Waals surface area contributed by atoms with Gasteiger partial charge in [-0.15, -0.1) is 0 Å². The second kappa shape index (κ2) is 17.0. The maximum absolute atomic E-state index is 8.00. The maximum Gasteiger partial charge on any atom is 0.259 e. The van der Waals surface area contributed by atoms with E-state index in [1.807, 2.05) is 65.2 Å². The number of aryl methyl sites for hydroxylation is 8. The molecule has 0 saturated carbocycles. The van der Waals surface area contributed by atoms with Crippen LogP contribution in [0.2, 0.25) is 0 Å². The molecule has 0 fully saturated rings. The fraction of sp³-hybridized carbons (Fsp3) is 0.208. The lowest BCUT2D eigenvalue weighted by Gasteiger charge is -2.21. The second-order valence-electron chi connectivity index (χ2n) is 22.4. The van der Waals surface area contributed by atoms with Crippen molar-refractivity contribution in [3.8, 4) is 50.3 Å². The molecule has 0 bridgehead atoms. The topological polar surface area (TPSA) is 29.7 Å². The highest BCUT2D eigenvalue weighted by atomic mass is 16.3. The lowest BCUT2D eigenvalue weighted by atomic mass is 9.80. The van der Waals surface area contributed by atoms with Crippen molar-refractivity contribution in [1.29, 1.82) is 0 Å². The van der Waals surface area contributed by atoms with Gasteiger partial charge in [-0.05, 0) is 192 Å². The van der Waals surface area contributed by atoms with Gasteiger partial charge < -0.3 is 8.98 Å². The van der Waals surface area contributed by atoms with Crippen LogP contribution >= 0.6 is 0 Å². The number of pyridine rings is 3. The van der Waals surface area contributed by atoms with E-state index in [0.717, 1.165) is 69.2 Å². The molecule has 0 atom stereocenters. The first kappa shape index (κ1) is 38.2. The molecule has 5 heterocycles. The van der Waals surface area contributed by atoms with Gasteiger partial charge in [-0.2, -0.15) is 9.13 Å². The van der Waals surface area contributed by atoms with E-state index in [-0.39, 0.29) is 5.41 Å². The third-order valence-electron chi connectivity index (χ3n) is 17.4. The summed E-state index contributed by atoms with van der Waals surface area (Å²) in [5.41, 5.74) is 31.9. The Balaban J connectivity index is 0.000000115. The average molecular weight is 1010 g/mol. The Morgan fingerprint density at radius 3 is 1.58 bits per heavy atom. The van der Waals surface area contributed by atoms with Crippen LogP contribution in [-0.4, -0.2) is 4.57 Å². The van der Waals surface area contributed by atoms with Crippen LogP contribution in [0.3, 0.4) is 0 Å². The first-order chi connectivity index (χ1) is 40.8. The van der Waals surface area contributed by atoms with Crippen molar-refractivity contribution in [2.24, 2.45) is 21.1 Å². The number of para-hydroxylation sites is 1. The summed E-state index contributed by atoms with van der Waals surface area (Å²) in [4.78, 5) is 0. The van der Waals surface area contributed by atoms with Gasteiger partial charge in [0.25, 0.3) is 5.52 Å². The summed E-state index contributed by atoms with van der Waals surface area (Å²) in [6, 6.07) is 48.2. The van der Waals surface area contributed by atoms with Crippen LogP contribution < -0.4 is 13.7 Å². The average Bonchev–Trinajstić information content (AvgIpc) is 1.65. The number of aromatic nitrogens is 4. The second-order valence-corrected chi connectivity index (χ2v) is 22.4. The van der Waals surface area contributed by atoms with Crippen molar-refractivity contribution in [2.45, 2.75) is 79.9 Å². The first-order valence-corrected chi connectivity index (χ1v) is 26.7. The molecule has 0 saturated heterocycles. The molecule has 376 valence electrons. The zero-order chi connectivity index (χ0) is 60.4. The van der Waals surface area contributed by atoms with E-state index >= 15 is 0 Å². The number of benzene rings is 7. The van der Waals surface area contributed by atoms with Crippen LogP contribution in [0, 0.1) is 41.3 Å². The number of hydrogen-bond donors (Lipinski definition) is 0. The van der Waals surface area contributed by atoms with E-state index in [9.17, 15) is 0 Å². The predicted octanol–water partition coefficient (Wildman–Crippen LogP) is 15.4. The van der Waals surface area contributed by atoms with Gasteiger partial charge in [0.15, 0.2) is 24.2 Å². The Labute approximate surface area is 464 Å². The van der Waals surface area contributed by atoms with Crippen LogP contribution in [0.1, 0.15) is 104 Å². The molecule has 16 rings (SSSR count). The maximum atomic E-state index is 8.00. The zero-order valence-electron chi connectivity index (χ0n) is 53.8. The Bertz CT molecular complexity index is 4900. The summed E-state index contributed by atoms with van der Waals surface area (Å²) in [6.07, 6.45) is 8.02. The molecule has 0 unspecified atom stereocenters. The molecule has 4 aliphatic rings. The van der Waals surface area contributed by atoms with E-state index in [1.54, 1.807) is 24.7 Å². The fourth-order valence-corrected chi connectivity index (χ4v) is 14.2. The van der Waals surface area contributed by atoms with Crippen LogP contribution in [0.15, 0.2) is 163 Å². The Kier molecular flexibility index (Phi) is 8.45. The van der Waals surface area contributed by atoms with Gasteiger partial charge >= 0.3 is 0 Å². The van der Waals surface area contributed by atoms with E-state index in [4.69, 9.17) is 16.8 Å². The van der Waals surface area contributed by atoms with Crippen molar-refractivity contribution >= 4 is 44.0 Å². The summed E-state index contributed by atoms with van der Waals surface area (Å²) >= 11 is 0. The highest BCUT2D eigenvalue weighted by Crippen LogP contribution is 2.54. The SMILES string of the molecule is [2H]C([2H])([2H])c1cc2c([n+](C)c1)-c1c(cc3c(c1C)-c1ccccc1C3)C2(C)C.[2H]C([2H])([2H])c1cc2c(c3c(C)c4c(cc3n2-c2ccccc2)Cc2ccccc2-4)[n+](C)c1.[2H]C([2H])([2H])c1cc2oc3cc4c(c(C)c3c2[n+](C)c1)-c1ccccc1C4.